The average Bonchev–Trinajstić information content (AvgIpc) is 2.85. The van der Waals surface area contributed by atoms with E-state index in [4.69, 9.17) is 23.1 Å². The van der Waals surface area contributed by atoms with Gasteiger partial charge in [-0.15, -0.1) is 4.91 Å². The summed E-state index contributed by atoms with van der Waals surface area (Å²) in [5.74, 6) is -1.34. The lowest BCUT2D eigenvalue weighted by Crippen LogP contribution is -2.53. The predicted molar refractivity (Wildman–Crippen MR) is 137 cm³/mol. The molecule has 0 aliphatic carbocycles. The number of nitrogens with two attached hydrogens (primary N) is 2. The number of hydrogen-bond acceptors (Lipinski definition) is 7. The average molecular weight is 538 g/mol. The number of guanidine groups is 1. The van der Waals surface area contributed by atoms with Crippen LogP contribution in [0.3, 0.4) is 0 Å². The summed E-state index contributed by atoms with van der Waals surface area (Å²) in [5.41, 5.74) is 11.6. The molecule has 2 aromatic rings. The van der Waals surface area contributed by atoms with Gasteiger partial charge in [-0.2, -0.15) is 4.72 Å². The maximum absolute atomic E-state index is 13.1. The Hall–Kier alpha value is -3.55. The topological polar surface area (TPSA) is 198 Å². The van der Waals surface area contributed by atoms with Crippen LogP contribution >= 0.6 is 11.6 Å². The zero-order valence-electron chi connectivity index (χ0n) is 19.5. The second kappa shape index (κ2) is 13.5. The first kappa shape index (κ1) is 28.7. The Morgan fingerprint density at radius 2 is 1.78 bits per heavy atom. The summed E-state index contributed by atoms with van der Waals surface area (Å²) in [6.07, 6.45) is 0.481. The van der Waals surface area contributed by atoms with Crippen molar-refractivity contribution >= 4 is 45.1 Å². The monoisotopic (exact) mass is 537 g/mol. The van der Waals surface area contributed by atoms with E-state index >= 15 is 0 Å². The van der Waals surface area contributed by atoms with Gasteiger partial charge >= 0.3 is 0 Å². The summed E-state index contributed by atoms with van der Waals surface area (Å²) >= 11 is 5.83. The van der Waals surface area contributed by atoms with Crippen molar-refractivity contribution in [2.75, 3.05) is 13.6 Å². The van der Waals surface area contributed by atoms with Gasteiger partial charge in [0.25, 0.3) is 0 Å². The van der Waals surface area contributed by atoms with E-state index in [0.29, 0.717) is 13.0 Å². The molecule has 2 rings (SSSR count). The van der Waals surface area contributed by atoms with Crippen molar-refractivity contribution in [2.24, 2.45) is 21.6 Å². The van der Waals surface area contributed by atoms with Crippen molar-refractivity contribution in [3.05, 3.63) is 64.0 Å². The van der Waals surface area contributed by atoms with Crippen molar-refractivity contribution in [1.82, 2.24) is 15.4 Å². The van der Waals surface area contributed by atoms with Gasteiger partial charge in [-0.05, 0) is 41.8 Å². The number of sulfonamides is 1. The minimum atomic E-state index is -4.28. The van der Waals surface area contributed by atoms with Crippen LogP contribution in [0.4, 0.5) is 5.69 Å². The largest absolute Gasteiger partial charge is 0.370 e. The zero-order valence-corrected chi connectivity index (χ0v) is 21.1. The van der Waals surface area contributed by atoms with Crippen LogP contribution in [-0.2, 0) is 26.0 Å². The summed E-state index contributed by atoms with van der Waals surface area (Å²) in [5, 5.41) is 8.03. The number of amides is 2. The second-order valence-corrected chi connectivity index (χ2v) is 9.83. The highest BCUT2D eigenvalue weighted by molar-refractivity contribution is 7.89. The fourth-order valence-electron chi connectivity index (χ4n) is 3.18. The van der Waals surface area contributed by atoms with E-state index in [1.54, 1.807) is 30.3 Å². The Bertz CT molecular complexity index is 1210. The van der Waals surface area contributed by atoms with Gasteiger partial charge in [0, 0.05) is 20.0 Å². The van der Waals surface area contributed by atoms with Gasteiger partial charge < -0.3 is 22.1 Å². The number of nitrogens with one attached hydrogen (secondary N) is 3. The molecule has 36 heavy (non-hydrogen) atoms. The molecule has 0 spiro atoms. The molecule has 0 fully saturated rings. The number of nitrogens with zero attached hydrogens (tertiary/aromatic N) is 2. The third kappa shape index (κ3) is 8.59. The summed E-state index contributed by atoms with van der Waals surface area (Å²) in [6.45, 7) is 0.304. The molecule has 7 N–H and O–H groups in total. The molecule has 0 unspecified atom stereocenters. The standard InChI is InChI=1S/C22H28ClN7O5S/c1-26-22(25)27-11-5-8-17(30-36(34,35)15-9-10-16(23)18(13-15)29-33)21(32)28-19(20(24)31)12-14-6-3-2-4-7-14/h2-4,6-7,9-10,13,17,19,30H,5,8,11-12H2,1H3,(H2,24,31)(H,28,32)(H3,25,26,27)/t17-,19-/m0/s1. The molecule has 0 heterocycles. The Balaban J connectivity index is 2.24. The van der Waals surface area contributed by atoms with Crippen molar-refractivity contribution in [1.29, 1.82) is 0 Å². The minimum Gasteiger partial charge on any atom is -0.370 e. The number of carbonyl (C=O) groups is 2. The van der Waals surface area contributed by atoms with E-state index in [0.717, 1.165) is 11.6 Å². The molecule has 0 aromatic heterocycles. The lowest BCUT2D eigenvalue weighted by molar-refractivity contribution is -0.128. The van der Waals surface area contributed by atoms with Crippen molar-refractivity contribution < 1.29 is 18.0 Å². The molecule has 0 aliphatic rings. The Kier molecular flexibility index (Phi) is 10.8. The maximum atomic E-state index is 13.1. The first-order valence-corrected chi connectivity index (χ1v) is 12.7. The van der Waals surface area contributed by atoms with Crippen LogP contribution in [-0.4, -0.2) is 51.9 Å². The van der Waals surface area contributed by atoms with Crippen LogP contribution in [0.5, 0.6) is 0 Å². The van der Waals surface area contributed by atoms with Crippen LogP contribution in [0.15, 0.2) is 63.6 Å². The minimum absolute atomic E-state index is 0.0234. The van der Waals surface area contributed by atoms with Crippen LogP contribution < -0.4 is 26.8 Å². The highest BCUT2D eigenvalue weighted by atomic mass is 35.5. The molecule has 2 atom stereocenters. The molecule has 0 aliphatic heterocycles. The lowest BCUT2D eigenvalue weighted by Gasteiger charge is -2.22. The number of rotatable bonds is 13. The van der Waals surface area contributed by atoms with Gasteiger partial charge in [-0.1, -0.05) is 41.9 Å². The molecular formula is C22H28ClN7O5S. The van der Waals surface area contributed by atoms with E-state index < -0.39 is 33.9 Å². The van der Waals surface area contributed by atoms with Gasteiger partial charge in [-0.25, -0.2) is 8.42 Å². The Morgan fingerprint density at radius 3 is 2.39 bits per heavy atom. The number of nitroso groups, excluding NO2 is 1. The zero-order chi connectivity index (χ0) is 26.7. The molecule has 0 saturated carbocycles. The van der Waals surface area contributed by atoms with Crippen LogP contribution in [0.2, 0.25) is 5.02 Å². The van der Waals surface area contributed by atoms with Gasteiger partial charge in [0.2, 0.25) is 21.8 Å². The molecule has 0 radical (unpaired) electrons. The second-order valence-electron chi connectivity index (χ2n) is 7.71. The quantitative estimate of drug-likeness (QED) is 0.108. The number of hydrogen-bond donors (Lipinski definition) is 5. The molecule has 14 heteroatoms. The fraction of sp³-hybridized carbons (Fsp3) is 0.318. The molecular weight excluding hydrogens is 510 g/mol. The molecule has 2 amide bonds. The van der Waals surface area contributed by atoms with Crippen LogP contribution in [0.1, 0.15) is 18.4 Å². The van der Waals surface area contributed by atoms with Gasteiger partial charge in [-0.3, -0.25) is 14.6 Å². The van der Waals surface area contributed by atoms with E-state index in [-0.39, 0.29) is 34.4 Å². The SMILES string of the molecule is CN=C(N)NCCC[C@H](NS(=O)(=O)c1ccc(Cl)c(N=O)c1)C(=O)N[C@@H](Cc1ccccc1)C(N)=O. The van der Waals surface area contributed by atoms with Crippen molar-refractivity contribution in [2.45, 2.75) is 36.2 Å². The summed E-state index contributed by atoms with van der Waals surface area (Å²) in [4.78, 5) is 39.5. The van der Waals surface area contributed by atoms with Crippen LogP contribution in [0, 0.1) is 4.91 Å². The van der Waals surface area contributed by atoms with Crippen molar-refractivity contribution in [3.8, 4) is 0 Å². The van der Waals surface area contributed by atoms with Gasteiger partial charge in [0.1, 0.15) is 17.8 Å². The lowest BCUT2D eigenvalue weighted by atomic mass is 10.0. The highest BCUT2D eigenvalue weighted by Gasteiger charge is 2.29. The maximum Gasteiger partial charge on any atom is 0.241 e. The third-order valence-corrected chi connectivity index (χ3v) is 6.89. The summed E-state index contributed by atoms with van der Waals surface area (Å²) in [6, 6.07) is 9.92. The van der Waals surface area contributed by atoms with Gasteiger partial charge in [0.15, 0.2) is 5.96 Å². The first-order valence-electron chi connectivity index (χ1n) is 10.8. The molecule has 0 saturated heterocycles. The normalized spacial score (nSPS) is 13.4. The predicted octanol–water partition coefficient (Wildman–Crippen LogP) is 0.912. The number of halogens is 1. The first-order chi connectivity index (χ1) is 17.1. The van der Waals surface area contributed by atoms with Gasteiger partial charge in [0.05, 0.1) is 9.92 Å². The Labute approximate surface area is 213 Å². The smallest absolute Gasteiger partial charge is 0.241 e. The summed E-state index contributed by atoms with van der Waals surface area (Å²) < 4.78 is 28.3. The Morgan fingerprint density at radius 1 is 1.08 bits per heavy atom. The number of aliphatic imine (C=N–C) groups is 1. The van der Waals surface area contributed by atoms with E-state index in [9.17, 15) is 22.9 Å². The fourth-order valence-corrected chi connectivity index (χ4v) is 4.58. The van der Waals surface area contributed by atoms with E-state index in [1.807, 2.05) is 0 Å². The summed E-state index contributed by atoms with van der Waals surface area (Å²) in [7, 11) is -2.78. The third-order valence-electron chi connectivity index (χ3n) is 5.10. The van der Waals surface area contributed by atoms with E-state index in [1.165, 1.54) is 19.2 Å². The van der Waals surface area contributed by atoms with Crippen LogP contribution in [0.25, 0.3) is 0 Å². The number of carbonyl (C=O) groups excluding carboxylic acids is 2. The number of primary amides is 1. The molecule has 0 bridgehead atoms. The molecule has 2 aromatic carbocycles. The number of benzene rings is 2. The highest BCUT2D eigenvalue weighted by Crippen LogP contribution is 2.27. The van der Waals surface area contributed by atoms with Crippen molar-refractivity contribution in [3.63, 3.8) is 0 Å². The van der Waals surface area contributed by atoms with E-state index in [2.05, 4.69) is 25.5 Å². The molecule has 12 nitrogen and oxygen atoms in total. The molecule has 194 valence electrons.